The number of halogens is 1. The van der Waals surface area contributed by atoms with Crippen LogP contribution in [-0.4, -0.2) is 5.11 Å². The summed E-state index contributed by atoms with van der Waals surface area (Å²) in [5.41, 5.74) is 7.85. The van der Waals surface area contributed by atoms with Crippen molar-refractivity contribution in [2.24, 2.45) is 11.7 Å². The maximum absolute atomic E-state index is 9.76. The molecule has 1 fully saturated rings. The van der Waals surface area contributed by atoms with Gasteiger partial charge in [-0.15, -0.1) is 0 Å². The van der Waals surface area contributed by atoms with Gasteiger partial charge in [0.15, 0.2) is 0 Å². The molecule has 0 amide bonds. The van der Waals surface area contributed by atoms with Gasteiger partial charge in [-0.05, 0) is 37.3 Å². The Bertz CT molecular complexity index is 361. The third-order valence-electron chi connectivity index (χ3n) is 2.73. The van der Waals surface area contributed by atoms with Crippen molar-refractivity contribution >= 4 is 11.6 Å². The molecule has 0 aromatic heterocycles. The summed E-state index contributed by atoms with van der Waals surface area (Å²) < 4.78 is 0. The fraction of sp³-hybridized carbons (Fsp3) is 0.455. The van der Waals surface area contributed by atoms with Crippen LogP contribution in [0.1, 0.15) is 30.0 Å². The third-order valence-corrected chi connectivity index (χ3v) is 3.01. The third kappa shape index (κ3) is 1.72. The van der Waals surface area contributed by atoms with Crippen LogP contribution < -0.4 is 5.73 Å². The molecule has 2 rings (SSSR count). The molecule has 3 N–H and O–H groups in total. The topological polar surface area (TPSA) is 46.2 Å². The predicted octanol–water partition coefficient (Wildman–Crippen LogP) is 2.76. The maximum atomic E-state index is 9.76. The Morgan fingerprint density at radius 1 is 1.50 bits per heavy atom. The minimum Gasteiger partial charge on any atom is -0.506 e. The maximum Gasteiger partial charge on any atom is 0.138 e. The number of hydrogen-bond acceptors (Lipinski definition) is 2. The van der Waals surface area contributed by atoms with Crippen molar-refractivity contribution in [1.29, 1.82) is 0 Å². The zero-order valence-electron chi connectivity index (χ0n) is 8.13. The van der Waals surface area contributed by atoms with E-state index in [1.165, 1.54) is 0 Å². The quantitative estimate of drug-likeness (QED) is 0.790. The average molecular weight is 212 g/mol. The highest BCUT2D eigenvalue weighted by Gasteiger charge is 2.31. The smallest absolute Gasteiger partial charge is 0.138 e. The Hall–Kier alpha value is -0.730. The van der Waals surface area contributed by atoms with Gasteiger partial charge in [-0.1, -0.05) is 17.7 Å². The fourth-order valence-corrected chi connectivity index (χ4v) is 2.01. The lowest BCUT2D eigenvalue weighted by Gasteiger charge is -2.14. The summed E-state index contributed by atoms with van der Waals surface area (Å²) in [7, 11) is 0. The highest BCUT2D eigenvalue weighted by atomic mass is 35.5. The number of benzene rings is 1. The van der Waals surface area contributed by atoms with Crippen LogP contribution in [0.3, 0.4) is 0 Å². The van der Waals surface area contributed by atoms with Crippen molar-refractivity contribution in [3.05, 3.63) is 28.3 Å². The van der Waals surface area contributed by atoms with Crippen LogP contribution in [0.15, 0.2) is 12.1 Å². The van der Waals surface area contributed by atoms with Crippen LogP contribution in [0.5, 0.6) is 5.75 Å². The number of phenols is 1. The zero-order valence-corrected chi connectivity index (χ0v) is 8.88. The molecule has 1 aromatic carbocycles. The molecule has 0 bridgehead atoms. The van der Waals surface area contributed by atoms with Gasteiger partial charge >= 0.3 is 0 Å². The summed E-state index contributed by atoms with van der Waals surface area (Å²) in [5, 5.41) is 10.2. The van der Waals surface area contributed by atoms with Gasteiger partial charge in [-0.3, -0.25) is 0 Å². The minimum absolute atomic E-state index is 0.0626. The Kier molecular flexibility index (Phi) is 2.41. The molecule has 1 atom stereocenters. The second-order valence-corrected chi connectivity index (χ2v) is 4.45. The lowest BCUT2D eigenvalue weighted by atomic mass is 10.0. The largest absolute Gasteiger partial charge is 0.506 e. The molecule has 1 unspecified atom stereocenters. The van der Waals surface area contributed by atoms with E-state index >= 15 is 0 Å². The molecule has 1 saturated carbocycles. The average Bonchev–Trinajstić information content (AvgIpc) is 2.93. The lowest BCUT2D eigenvalue weighted by Crippen LogP contribution is -2.12. The van der Waals surface area contributed by atoms with Crippen LogP contribution in [0.2, 0.25) is 5.02 Å². The van der Waals surface area contributed by atoms with E-state index < -0.39 is 0 Å². The summed E-state index contributed by atoms with van der Waals surface area (Å²) >= 11 is 5.88. The van der Waals surface area contributed by atoms with E-state index in [0.29, 0.717) is 10.9 Å². The first kappa shape index (κ1) is 9.81. The Labute approximate surface area is 88.7 Å². The fourth-order valence-electron chi connectivity index (χ4n) is 1.72. The molecule has 76 valence electrons. The number of nitrogens with two attached hydrogens (primary N) is 1. The zero-order chi connectivity index (χ0) is 10.3. The number of aryl methyl sites for hydroxylation is 1. The number of hydrogen-bond donors (Lipinski definition) is 2. The van der Waals surface area contributed by atoms with Gasteiger partial charge in [0.25, 0.3) is 0 Å². The molecule has 1 aliphatic carbocycles. The van der Waals surface area contributed by atoms with Crippen LogP contribution in [0.4, 0.5) is 0 Å². The van der Waals surface area contributed by atoms with Gasteiger partial charge in [-0.2, -0.15) is 0 Å². The number of rotatable bonds is 2. The first-order valence-electron chi connectivity index (χ1n) is 4.84. The Balaban J connectivity index is 2.39. The van der Waals surface area contributed by atoms with Crippen LogP contribution in [0.25, 0.3) is 0 Å². The minimum atomic E-state index is -0.0626. The monoisotopic (exact) mass is 211 g/mol. The summed E-state index contributed by atoms with van der Waals surface area (Å²) in [6.45, 7) is 1.95. The van der Waals surface area contributed by atoms with Crippen molar-refractivity contribution < 1.29 is 5.11 Å². The summed E-state index contributed by atoms with van der Waals surface area (Å²) in [4.78, 5) is 0. The molecule has 0 heterocycles. The van der Waals surface area contributed by atoms with Gasteiger partial charge in [0.2, 0.25) is 0 Å². The highest BCUT2D eigenvalue weighted by molar-refractivity contribution is 6.32. The van der Waals surface area contributed by atoms with E-state index in [1.54, 1.807) is 6.07 Å². The molecular weight excluding hydrogens is 198 g/mol. The molecule has 0 radical (unpaired) electrons. The van der Waals surface area contributed by atoms with Crippen molar-refractivity contribution in [2.45, 2.75) is 25.8 Å². The highest BCUT2D eigenvalue weighted by Crippen LogP contribution is 2.43. The standard InChI is InChI=1S/C11H14ClNO/c1-6-4-8(10(13)7-2-3-7)11(14)9(12)5-6/h4-5,7,10,14H,2-3,13H2,1H3. The molecule has 14 heavy (non-hydrogen) atoms. The summed E-state index contributed by atoms with van der Waals surface area (Å²) in [5.74, 6) is 0.676. The first-order valence-corrected chi connectivity index (χ1v) is 5.22. The second kappa shape index (κ2) is 3.44. The first-order chi connectivity index (χ1) is 6.59. The predicted molar refractivity (Wildman–Crippen MR) is 57.5 cm³/mol. The summed E-state index contributed by atoms with van der Waals surface area (Å²) in [6.07, 6.45) is 2.32. The Morgan fingerprint density at radius 2 is 2.14 bits per heavy atom. The van der Waals surface area contributed by atoms with Gasteiger partial charge in [0.1, 0.15) is 5.75 Å². The molecule has 1 aromatic rings. The van der Waals surface area contributed by atoms with E-state index in [0.717, 1.165) is 24.0 Å². The van der Waals surface area contributed by atoms with E-state index in [2.05, 4.69) is 0 Å². The van der Waals surface area contributed by atoms with Crippen molar-refractivity contribution in [3.63, 3.8) is 0 Å². The summed E-state index contributed by atoms with van der Waals surface area (Å²) in [6, 6.07) is 3.61. The van der Waals surface area contributed by atoms with E-state index in [4.69, 9.17) is 17.3 Å². The van der Waals surface area contributed by atoms with E-state index in [1.807, 2.05) is 13.0 Å². The van der Waals surface area contributed by atoms with Gasteiger partial charge in [0.05, 0.1) is 5.02 Å². The molecular formula is C11H14ClNO. The Morgan fingerprint density at radius 3 is 2.71 bits per heavy atom. The van der Waals surface area contributed by atoms with Gasteiger partial charge < -0.3 is 10.8 Å². The second-order valence-electron chi connectivity index (χ2n) is 4.05. The van der Waals surface area contributed by atoms with Crippen LogP contribution in [-0.2, 0) is 0 Å². The molecule has 3 heteroatoms. The molecule has 1 aliphatic rings. The number of aromatic hydroxyl groups is 1. The van der Waals surface area contributed by atoms with Crippen molar-refractivity contribution in [3.8, 4) is 5.75 Å². The van der Waals surface area contributed by atoms with E-state index in [-0.39, 0.29) is 11.8 Å². The lowest BCUT2D eigenvalue weighted by molar-refractivity contribution is 0.456. The van der Waals surface area contributed by atoms with Gasteiger partial charge in [0, 0.05) is 11.6 Å². The SMILES string of the molecule is Cc1cc(Cl)c(O)c(C(N)C2CC2)c1. The molecule has 2 nitrogen and oxygen atoms in total. The normalized spacial score (nSPS) is 18.2. The van der Waals surface area contributed by atoms with Crippen molar-refractivity contribution in [1.82, 2.24) is 0 Å². The van der Waals surface area contributed by atoms with E-state index in [9.17, 15) is 5.11 Å². The van der Waals surface area contributed by atoms with Crippen molar-refractivity contribution in [2.75, 3.05) is 0 Å². The molecule has 0 saturated heterocycles. The van der Waals surface area contributed by atoms with Crippen LogP contribution in [0, 0.1) is 12.8 Å². The number of phenolic OH excluding ortho intramolecular Hbond substituents is 1. The molecule has 0 aliphatic heterocycles. The van der Waals surface area contributed by atoms with Gasteiger partial charge in [-0.25, -0.2) is 0 Å². The van der Waals surface area contributed by atoms with Crippen LogP contribution >= 0.6 is 11.6 Å². The molecule has 0 spiro atoms.